The van der Waals surface area contributed by atoms with E-state index in [1.165, 1.54) is 6.07 Å². The number of aromatic hydroxyl groups is 1. The molecule has 2 rings (SSSR count). The van der Waals surface area contributed by atoms with E-state index in [1.807, 2.05) is 27.8 Å². The fourth-order valence-corrected chi connectivity index (χ4v) is 3.01. The monoisotopic (exact) mass is 361 g/mol. The van der Waals surface area contributed by atoms with Crippen molar-refractivity contribution in [1.29, 1.82) is 0 Å². The average Bonchev–Trinajstić information content (AvgIpc) is 2.59. The zero-order valence-corrected chi connectivity index (χ0v) is 16.3. The molecule has 1 aromatic rings. The second-order valence-corrected chi connectivity index (χ2v) is 8.10. The van der Waals surface area contributed by atoms with Gasteiger partial charge >= 0.3 is 0 Å². The van der Waals surface area contributed by atoms with Crippen LogP contribution < -0.4 is 5.32 Å². The fourth-order valence-electron chi connectivity index (χ4n) is 3.01. The summed E-state index contributed by atoms with van der Waals surface area (Å²) < 4.78 is 0. The normalized spacial score (nSPS) is 16.3. The van der Waals surface area contributed by atoms with Gasteiger partial charge in [-0.15, -0.1) is 0 Å². The van der Waals surface area contributed by atoms with Gasteiger partial charge in [-0.3, -0.25) is 14.5 Å². The third kappa shape index (κ3) is 5.73. The Morgan fingerprint density at radius 2 is 1.92 bits per heavy atom. The first kappa shape index (κ1) is 20.2. The average molecular weight is 361 g/mol. The third-order valence-corrected chi connectivity index (χ3v) is 5.11. The SMILES string of the molecule is CN(C(=O)CN1CCC(CNC(=O)c2cccc(O)c2)CC1)C(C)(C)C. The number of carbonyl (C=O) groups excluding carboxylic acids is 2. The Kier molecular flexibility index (Phi) is 6.64. The Morgan fingerprint density at radius 1 is 1.27 bits per heavy atom. The Bertz CT molecular complexity index is 631. The molecule has 1 fully saturated rings. The molecule has 26 heavy (non-hydrogen) atoms. The van der Waals surface area contributed by atoms with Gasteiger partial charge in [0.1, 0.15) is 5.75 Å². The molecular weight excluding hydrogens is 330 g/mol. The molecule has 0 bridgehead atoms. The number of likely N-dealkylation sites (N-methyl/N-ethyl adjacent to an activating group) is 1. The summed E-state index contributed by atoms with van der Waals surface area (Å²) in [5, 5.41) is 12.4. The number of phenolic OH excluding ortho intramolecular Hbond substituents is 1. The van der Waals surface area contributed by atoms with E-state index in [0.717, 1.165) is 25.9 Å². The number of hydrogen-bond acceptors (Lipinski definition) is 4. The molecule has 1 aliphatic heterocycles. The van der Waals surface area contributed by atoms with Crippen molar-refractivity contribution >= 4 is 11.8 Å². The second-order valence-electron chi connectivity index (χ2n) is 8.10. The van der Waals surface area contributed by atoms with Gasteiger partial charge in [0.2, 0.25) is 5.91 Å². The number of hydrogen-bond donors (Lipinski definition) is 2. The van der Waals surface area contributed by atoms with Gasteiger partial charge in [0.05, 0.1) is 6.54 Å². The molecule has 2 amide bonds. The van der Waals surface area contributed by atoms with Crippen LogP contribution in [0.4, 0.5) is 0 Å². The van der Waals surface area contributed by atoms with Crippen LogP contribution in [-0.2, 0) is 4.79 Å². The van der Waals surface area contributed by atoms with Crippen molar-refractivity contribution < 1.29 is 14.7 Å². The minimum Gasteiger partial charge on any atom is -0.508 e. The fraction of sp³-hybridized carbons (Fsp3) is 0.600. The molecule has 0 spiro atoms. The molecule has 144 valence electrons. The zero-order chi connectivity index (χ0) is 19.3. The molecule has 0 atom stereocenters. The lowest BCUT2D eigenvalue weighted by Crippen LogP contribution is -2.49. The molecule has 0 unspecified atom stereocenters. The van der Waals surface area contributed by atoms with E-state index in [9.17, 15) is 14.7 Å². The minimum absolute atomic E-state index is 0.0934. The van der Waals surface area contributed by atoms with Crippen molar-refractivity contribution in [3.05, 3.63) is 29.8 Å². The zero-order valence-electron chi connectivity index (χ0n) is 16.3. The van der Waals surface area contributed by atoms with E-state index < -0.39 is 0 Å². The summed E-state index contributed by atoms with van der Waals surface area (Å²) in [5.41, 5.74) is 0.309. The second kappa shape index (κ2) is 8.54. The molecule has 0 saturated carbocycles. The lowest BCUT2D eigenvalue weighted by molar-refractivity contribution is -0.135. The lowest BCUT2D eigenvalue weighted by atomic mass is 9.96. The van der Waals surface area contributed by atoms with Gasteiger partial charge in [0.25, 0.3) is 5.91 Å². The van der Waals surface area contributed by atoms with Crippen LogP contribution in [-0.4, -0.2) is 65.5 Å². The van der Waals surface area contributed by atoms with Crippen LogP contribution in [0.5, 0.6) is 5.75 Å². The first-order chi connectivity index (χ1) is 12.2. The largest absolute Gasteiger partial charge is 0.508 e. The molecular formula is C20H31N3O3. The Morgan fingerprint density at radius 3 is 2.50 bits per heavy atom. The van der Waals surface area contributed by atoms with E-state index >= 15 is 0 Å². The van der Waals surface area contributed by atoms with Crippen molar-refractivity contribution in [2.24, 2.45) is 5.92 Å². The van der Waals surface area contributed by atoms with Crippen LogP contribution in [0.2, 0.25) is 0 Å². The quantitative estimate of drug-likeness (QED) is 0.842. The number of rotatable bonds is 5. The highest BCUT2D eigenvalue weighted by Crippen LogP contribution is 2.18. The number of piperidine rings is 1. The van der Waals surface area contributed by atoms with Gasteiger partial charge in [-0.05, 0) is 70.8 Å². The summed E-state index contributed by atoms with van der Waals surface area (Å²) >= 11 is 0. The summed E-state index contributed by atoms with van der Waals surface area (Å²) in [4.78, 5) is 28.5. The summed E-state index contributed by atoms with van der Waals surface area (Å²) in [6, 6.07) is 6.36. The molecule has 1 aromatic carbocycles. The first-order valence-corrected chi connectivity index (χ1v) is 9.23. The molecule has 2 N–H and O–H groups in total. The van der Waals surface area contributed by atoms with Gasteiger partial charge < -0.3 is 15.3 Å². The van der Waals surface area contributed by atoms with Crippen molar-refractivity contribution in [2.75, 3.05) is 33.2 Å². The highest BCUT2D eigenvalue weighted by atomic mass is 16.3. The molecule has 0 aromatic heterocycles. The summed E-state index contributed by atoms with van der Waals surface area (Å²) in [7, 11) is 1.85. The number of nitrogens with one attached hydrogen (secondary N) is 1. The van der Waals surface area contributed by atoms with E-state index in [-0.39, 0.29) is 23.1 Å². The van der Waals surface area contributed by atoms with E-state index in [0.29, 0.717) is 24.6 Å². The topological polar surface area (TPSA) is 72.9 Å². The minimum atomic E-state index is -0.162. The summed E-state index contributed by atoms with van der Waals surface area (Å²) in [5.74, 6) is 0.497. The number of benzene rings is 1. The van der Waals surface area contributed by atoms with Crippen LogP contribution in [0.25, 0.3) is 0 Å². The Balaban J connectivity index is 1.73. The molecule has 0 radical (unpaired) electrons. The first-order valence-electron chi connectivity index (χ1n) is 9.23. The predicted octanol–water partition coefficient (Wildman–Crippen LogP) is 2.09. The lowest BCUT2D eigenvalue weighted by Gasteiger charge is -2.36. The summed E-state index contributed by atoms with van der Waals surface area (Å²) in [6.45, 7) is 8.92. The van der Waals surface area contributed by atoms with Gasteiger partial charge in [0.15, 0.2) is 0 Å². The maximum Gasteiger partial charge on any atom is 0.251 e. The highest BCUT2D eigenvalue weighted by Gasteiger charge is 2.26. The van der Waals surface area contributed by atoms with Crippen LogP contribution >= 0.6 is 0 Å². The van der Waals surface area contributed by atoms with Crippen molar-refractivity contribution in [3.8, 4) is 5.75 Å². The maximum absolute atomic E-state index is 12.3. The molecule has 1 heterocycles. The standard InChI is InChI=1S/C20H31N3O3/c1-20(2,3)22(4)18(25)14-23-10-8-15(9-11-23)13-21-19(26)16-6-5-7-17(24)12-16/h5-7,12,15,24H,8-11,13-14H2,1-4H3,(H,21,26). The third-order valence-electron chi connectivity index (χ3n) is 5.11. The Hall–Kier alpha value is -2.08. The van der Waals surface area contributed by atoms with Gasteiger partial charge in [-0.2, -0.15) is 0 Å². The molecule has 6 heteroatoms. The molecule has 1 aliphatic rings. The molecule has 6 nitrogen and oxygen atoms in total. The van der Waals surface area contributed by atoms with Crippen molar-refractivity contribution in [1.82, 2.24) is 15.1 Å². The van der Waals surface area contributed by atoms with Crippen LogP contribution in [0.15, 0.2) is 24.3 Å². The number of carbonyl (C=O) groups is 2. The highest BCUT2D eigenvalue weighted by molar-refractivity contribution is 5.94. The van der Waals surface area contributed by atoms with Gasteiger partial charge in [0, 0.05) is 24.7 Å². The number of likely N-dealkylation sites (tertiary alicyclic amines) is 1. The number of phenols is 1. The van der Waals surface area contributed by atoms with Crippen LogP contribution in [0, 0.1) is 5.92 Å². The number of nitrogens with zero attached hydrogens (tertiary/aromatic N) is 2. The van der Waals surface area contributed by atoms with Crippen LogP contribution in [0.1, 0.15) is 44.0 Å². The summed E-state index contributed by atoms with van der Waals surface area (Å²) in [6.07, 6.45) is 1.93. The van der Waals surface area contributed by atoms with E-state index in [2.05, 4.69) is 10.2 Å². The van der Waals surface area contributed by atoms with Gasteiger partial charge in [-0.25, -0.2) is 0 Å². The molecule has 0 aliphatic carbocycles. The van der Waals surface area contributed by atoms with Crippen molar-refractivity contribution in [3.63, 3.8) is 0 Å². The van der Waals surface area contributed by atoms with E-state index in [4.69, 9.17) is 0 Å². The van der Waals surface area contributed by atoms with Crippen molar-refractivity contribution in [2.45, 2.75) is 39.2 Å². The molecule has 1 saturated heterocycles. The van der Waals surface area contributed by atoms with E-state index in [1.54, 1.807) is 23.1 Å². The Labute approximate surface area is 156 Å². The van der Waals surface area contributed by atoms with Gasteiger partial charge in [-0.1, -0.05) is 6.07 Å². The smallest absolute Gasteiger partial charge is 0.251 e. The predicted molar refractivity (Wildman–Crippen MR) is 102 cm³/mol. The number of amides is 2. The van der Waals surface area contributed by atoms with Crippen LogP contribution in [0.3, 0.4) is 0 Å². The maximum atomic E-state index is 12.3.